The van der Waals surface area contributed by atoms with E-state index in [1.165, 1.54) is 0 Å². The van der Waals surface area contributed by atoms with E-state index >= 15 is 0 Å². The normalized spacial score (nSPS) is 20.0. The van der Waals surface area contributed by atoms with Gasteiger partial charge in [-0.3, -0.25) is 14.4 Å². The van der Waals surface area contributed by atoms with Gasteiger partial charge in [0.2, 0.25) is 11.8 Å². The molecule has 1 fully saturated rings. The number of amides is 3. The van der Waals surface area contributed by atoms with E-state index in [1.807, 2.05) is 26.8 Å². The topological polar surface area (TPSA) is 87.7 Å². The molecule has 2 aromatic carbocycles. The van der Waals surface area contributed by atoms with Crippen LogP contribution in [-0.2, 0) is 9.59 Å². The van der Waals surface area contributed by atoms with Crippen molar-refractivity contribution in [2.75, 3.05) is 19.0 Å². The minimum absolute atomic E-state index is 0.0752. The summed E-state index contributed by atoms with van der Waals surface area (Å²) in [4.78, 5) is 40.4. The molecule has 2 heterocycles. The molecule has 0 aliphatic carbocycles. The van der Waals surface area contributed by atoms with Gasteiger partial charge in [-0.25, -0.2) is 0 Å². The number of fused-ring (bicyclic) bond motifs is 2. The molecule has 0 spiro atoms. The second kappa shape index (κ2) is 8.71. The summed E-state index contributed by atoms with van der Waals surface area (Å²) < 4.78 is 5.46. The van der Waals surface area contributed by atoms with Gasteiger partial charge in [0.15, 0.2) is 0 Å². The van der Waals surface area contributed by atoms with Gasteiger partial charge in [-0.2, -0.15) is 0 Å². The second-order valence-corrected chi connectivity index (χ2v) is 10.2. The molecule has 2 atom stereocenters. The van der Waals surface area contributed by atoms with Crippen molar-refractivity contribution in [3.05, 3.63) is 47.0 Å². The van der Waals surface area contributed by atoms with Crippen LogP contribution in [0.25, 0.3) is 11.1 Å². The number of hydrogen-bond acceptors (Lipinski definition) is 4. The maximum absolute atomic E-state index is 13.5. The third-order valence-corrected chi connectivity index (χ3v) is 6.14. The molecule has 3 amide bonds. The Balaban J connectivity index is 1.62. The maximum atomic E-state index is 13.5. The van der Waals surface area contributed by atoms with Crippen LogP contribution in [0.5, 0.6) is 5.75 Å². The third kappa shape index (κ3) is 4.83. The molecule has 33 heavy (non-hydrogen) atoms. The number of nitrogens with zero attached hydrogens (tertiary/aromatic N) is 1. The number of carbonyl (C=O) groups excluding carboxylic acids is 3. The molecule has 1 saturated heterocycles. The lowest BCUT2D eigenvalue weighted by molar-refractivity contribution is -0.123. The summed E-state index contributed by atoms with van der Waals surface area (Å²) >= 11 is 6.19. The van der Waals surface area contributed by atoms with E-state index in [0.29, 0.717) is 34.9 Å². The van der Waals surface area contributed by atoms with E-state index in [1.54, 1.807) is 42.3 Å². The zero-order chi connectivity index (χ0) is 23.9. The Kier molecular flexibility index (Phi) is 6.10. The number of methoxy groups -OCH3 is 1. The molecule has 0 unspecified atom stereocenters. The van der Waals surface area contributed by atoms with Gasteiger partial charge < -0.3 is 20.3 Å². The SMILES string of the molecule is COc1ccc(Cl)cc1-c1ccc2c(c1)C(=O)N1C[C@@H](NC(=O)CC(C)(C)C)C[C@H]1C(=O)N2. The summed E-state index contributed by atoms with van der Waals surface area (Å²) in [6.45, 7) is 6.27. The van der Waals surface area contributed by atoms with Gasteiger partial charge in [-0.15, -0.1) is 0 Å². The number of benzene rings is 2. The van der Waals surface area contributed by atoms with Crippen LogP contribution >= 0.6 is 11.6 Å². The van der Waals surface area contributed by atoms with Crippen molar-refractivity contribution >= 4 is 35.0 Å². The van der Waals surface area contributed by atoms with Crippen molar-refractivity contribution in [1.82, 2.24) is 10.2 Å². The third-order valence-electron chi connectivity index (χ3n) is 5.90. The highest BCUT2D eigenvalue weighted by Crippen LogP contribution is 2.36. The monoisotopic (exact) mass is 469 g/mol. The van der Waals surface area contributed by atoms with Gasteiger partial charge in [0.25, 0.3) is 5.91 Å². The van der Waals surface area contributed by atoms with Crippen molar-refractivity contribution in [3.63, 3.8) is 0 Å². The summed E-state index contributed by atoms with van der Waals surface area (Å²) in [5.41, 5.74) is 2.23. The van der Waals surface area contributed by atoms with E-state index in [2.05, 4.69) is 10.6 Å². The maximum Gasteiger partial charge on any atom is 0.256 e. The molecule has 174 valence electrons. The molecule has 7 nitrogen and oxygen atoms in total. The van der Waals surface area contributed by atoms with Crippen molar-refractivity contribution in [2.45, 2.75) is 45.7 Å². The molecular weight excluding hydrogens is 442 g/mol. The number of rotatable bonds is 4. The average Bonchev–Trinajstić information content (AvgIpc) is 3.12. The van der Waals surface area contributed by atoms with E-state index in [4.69, 9.17) is 16.3 Å². The molecule has 4 rings (SSSR count). The van der Waals surface area contributed by atoms with E-state index in [-0.39, 0.29) is 35.7 Å². The van der Waals surface area contributed by atoms with Crippen LogP contribution in [0.3, 0.4) is 0 Å². The molecule has 0 saturated carbocycles. The molecule has 0 aromatic heterocycles. The Hall–Kier alpha value is -3.06. The number of ether oxygens (including phenoxy) is 1. The van der Waals surface area contributed by atoms with Crippen LogP contribution in [-0.4, -0.2) is 48.4 Å². The molecule has 2 aliphatic heterocycles. The van der Waals surface area contributed by atoms with Crippen molar-refractivity contribution in [3.8, 4) is 16.9 Å². The van der Waals surface area contributed by atoms with Gasteiger partial charge in [-0.1, -0.05) is 38.4 Å². The number of carbonyl (C=O) groups is 3. The van der Waals surface area contributed by atoms with Crippen LogP contribution in [0.4, 0.5) is 5.69 Å². The standard InChI is InChI=1S/C25H28ClN3O4/c1-25(2,3)12-22(30)27-16-11-20-23(31)28-19-7-5-14(9-18(19)24(32)29(20)13-16)17-10-15(26)6-8-21(17)33-4/h5-10,16,20H,11-13H2,1-4H3,(H,27,30)(H,28,31)/t16-,20-/m0/s1. The van der Waals surface area contributed by atoms with Crippen molar-refractivity contribution in [2.24, 2.45) is 5.41 Å². The Morgan fingerprint density at radius 2 is 1.94 bits per heavy atom. The van der Waals surface area contributed by atoms with Crippen LogP contribution in [0.1, 0.15) is 44.0 Å². The first-order valence-electron chi connectivity index (χ1n) is 10.9. The van der Waals surface area contributed by atoms with Gasteiger partial charge >= 0.3 is 0 Å². The first-order chi connectivity index (χ1) is 15.6. The Morgan fingerprint density at radius 3 is 2.64 bits per heavy atom. The number of nitrogens with one attached hydrogen (secondary N) is 2. The lowest BCUT2D eigenvalue weighted by Gasteiger charge is -2.21. The first-order valence-corrected chi connectivity index (χ1v) is 11.3. The number of anilines is 1. The number of halogens is 1. The van der Waals surface area contributed by atoms with E-state index in [0.717, 1.165) is 11.1 Å². The van der Waals surface area contributed by atoms with Crippen LogP contribution in [0.2, 0.25) is 5.02 Å². The highest BCUT2D eigenvalue weighted by atomic mass is 35.5. The molecule has 0 radical (unpaired) electrons. The molecule has 2 aromatic rings. The highest BCUT2D eigenvalue weighted by molar-refractivity contribution is 6.31. The Morgan fingerprint density at radius 1 is 1.18 bits per heavy atom. The van der Waals surface area contributed by atoms with E-state index < -0.39 is 6.04 Å². The Bertz CT molecular complexity index is 1130. The molecule has 2 aliphatic rings. The molecule has 0 bridgehead atoms. The van der Waals surface area contributed by atoms with E-state index in [9.17, 15) is 14.4 Å². The fourth-order valence-electron chi connectivity index (χ4n) is 4.45. The second-order valence-electron chi connectivity index (χ2n) is 9.81. The minimum atomic E-state index is -0.631. The van der Waals surface area contributed by atoms with Crippen molar-refractivity contribution in [1.29, 1.82) is 0 Å². The first kappa shape index (κ1) is 23.1. The smallest absolute Gasteiger partial charge is 0.256 e. The fraction of sp³-hybridized carbons (Fsp3) is 0.400. The summed E-state index contributed by atoms with van der Waals surface area (Å²) in [7, 11) is 1.57. The lowest BCUT2D eigenvalue weighted by atomic mass is 9.92. The van der Waals surface area contributed by atoms with Crippen LogP contribution in [0.15, 0.2) is 36.4 Å². The summed E-state index contributed by atoms with van der Waals surface area (Å²) in [5.74, 6) is 0.0606. The predicted octanol–water partition coefficient (Wildman–Crippen LogP) is 4.10. The number of hydrogen-bond donors (Lipinski definition) is 2. The van der Waals surface area contributed by atoms with Gasteiger partial charge in [0.1, 0.15) is 11.8 Å². The summed E-state index contributed by atoms with van der Waals surface area (Å²) in [5, 5.41) is 6.43. The summed E-state index contributed by atoms with van der Waals surface area (Å²) in [6.07, 6.45) is 0.762. The highest BCUT2D eigenvalue weighted by Gasteiger charge is 2.43. The zero-order valence-electron chi connectivity index (χ0n) is 19.2. The molecule has 8 heteroatoms. The van der Waals surface area contributed by atoms with Gasteiger partial charge in [0, 0.05) is 29.6 Å². The van der Waals surface area contributed by atoms with Gasteiger partial charge in [-0.05, 0) is 47.7 Å². The largest absolute Gasteiger partial charge is 0.496 e. The van der Waals surface area contributed by atoms with Crippen LogP contribution in [0, 0.1) is 5.41 Å². The predicted molar refractivity (Wildman–Crippen MR) is 128 cm³/mol. The minimum Gasteiger partial charge on any atom is -0.496 e. The molecular formula is C25H28ClN3O4. The lowest BCUT2D eigenvalue weighted by Crippen LogP contribution is -2.41. The zero-order valence-corrected chi connectivity index (χ0v) is 20.0. The Labute approximate surface area is 198 Å². The fourth-order valence-corrected chi connectivity index (χ4v) is 4.62. The summed E-state index contributed by atoms with van der Waals surface area (Å²) in [6, 6.07) is 9.70. The van der Waals surface area contributed by atoms with Crippen LogP contribution < -0.4 is 15.4 Å². The van der Waals surface area contributed by atoms with Gasteiger partial charge in [0.05, 0.1) is 18.4 Å². The molecule has 2 N–H and O–H groups in total. The quantitative estimate of drug-likeness (QED) is 0.705. The van der Waals surface area contributed by atoms with Crippen molar-refractivity contribution < 1.29 is 19.1 Å². The average molecular weight is 470 g/mol.